The van der Waals surface area contributed by atoms with Crippen molar-refractivity contribution < 1.29 is 4.79 Å². The molecule has 0 unspecified atom stereocenters. The number of carbonyl (C=O) groups is 1. The van der Waals surface area contributed by atoms with Gasteiger partial charge in [-0.2, -0.15) is 0 Å². The maximum atomic E-state index is 12.3. The van der Waals surface area contributed by atoms with Crippen LogP contribution in [0.4, 0.5) is 5.69 Å². The summed E-state index contributed by atoms with van der Waals surface area (Å²) in [5.74, 6) is 0.0985. The first-order valence-corrected chi connectivity index (χ1v) is 7.05. The highest BCUT2D eigenvalue weighted by Gasteiger charge is 2.06. The maximum absolute atomic E-state index is 12.3. The van der Waals surface area contributed by atoms with Gasteiger partial charge in [0.2, 0.25) is 0 Å². The van der Waals surface area contributed by atoms with Crippen molar-refractivity contribution in [3.8, 4) is 0 Å². The monoisotopic (exact) mass is 275 g/mol. The van der Waals surface area contributed by atoms with Gasteiger partial charge in [0.1, 0.15) is 0 Å². The highest BCUT2D eigenvalue weighted by Crippen LogP contribution is 2.16. The van der Waals surface area contributed by atoms with Crippen molar-refractivity contribution in [2.75, 3.05) is 11.9 Å². The van der Waals surface area contributed by atoms with E-state index in [0.29, 0.717) is 6.54 Å². The van der Waals surface area contributed by atoms with E-state index in [1.165, 1.54) is 5.56 Å². The number of aryl methyl sites for hydroxylation is 1. The molecule has 3 rings (SSSR count). The molecule has 0 saturated heterocycles. The van der Waals surface area contributed by atoms with Crippen LogP contribution in [-0.4, -0.2) is 12.3 Å². The highest BCUT2D eigenvalue weighted by molar-refractivity contribution is 6.02. The summed E-state index contributed by atoms with van der Waals surface area (Å²) in [6.45, 7) is 2.35. The van der Waals surface area contributed by atoms with Crippen LogP contribution in [0.1, 0.15) is 15.9 Å². The fourth-order valence-electron chi connectivity index (χ4n) is 2.32. The van der Waals surface area contributed by atoms with Crippen LogP contribution in [0.15, 0.2) is 66.7 Å². The molecule has 2 heteroatoms. The van der Waals surface area contributed by atoms with Crippen molar-refractivity contribution in [1.82, 2.24) is 0 Å². The second-order valence-corrected chi connectivity index (χ2v) is 5.20. The Morgan fingerprint density at radius 3 is 2.38 bits per heavy atom. The lowest BCUT2D eigenvalue weighted by atomic mass is 10.0. The van der Waals surface area contributed by atoms with Crippen LogP contribution in [-0.2, 0) is 0 Å². The van der Waals surface area contributed by atoms with Gasteiger partial charge in [0.15, 0.2) is 5.78 Å². The summed E-state index contributed by atoms with van der Waals surface area (Å²) in [7, 11) is 0. The van der Waals surface area contributed by atoms with Gasteiger partial charge in [-0.1, -0.05) is 54.1 Å². The Balaban J connectivity index is 1.73. The van der Waals surface area contributed by atoms with Gasteiger partial charge in [-0.05, 0) is 35.9 Å². The smallest absolute Gasteiger partial charge is 0.181 e. The molecule has 104 valence electrons. The molecule has 2 nitrogen and oxygen atoms in total. The van der Waals surface area contributed by atoms with Gasteiger partial charge >= 0.3 is 0 Å². The number of hydrogen-bond donors (Lipinski definition) is 1. The zero-order valence-corrected chi connectivity index (χ0v) is 12.0. The first kappa shape index (κ1) is 13.4. The van der Waals surface area contributed by atoms with Crippen LogP contribution < -0.4 is 5.32 Å². The van der Waals surface area contributed by atoms with Crippen molar-refractivity contribution in [3.63, 3.8) is 0 Å². The molecular formula is C19H17NO. The first-order valence-electron chi connectivity index (χ1n) is 7.05. The van der Waals surface area contributed by atoms with Crippen molar-refractivity contribution in [2.45, 2.75) is 6.92 Å². The number of fused-ring (bicyclic) bond motifs is 1. The normalized spacial score (nSPS) is 10.5. The third-order valence-electron chi connectivity index (χ3n) is 3.58. The fourth-order valence-corrected chi connectivity index (χ4v) is 2.32. The van der Waals surface area contributed by atoms with Crippen LogP contribution in [0.3, 0.4) is 0 Å². The van der Waals surface area contributed by atoms with Crippen LogP contribution in [0.5, 0.6) is 0 Å². The standard InChI is InChI=1S/C19H17NO/c1-14-6-10-18(11-7-14)20-13-19(21)17-9-8-15-4-2-3-5-16(15)12-17/h2-12,20H,13H2,1H3. The van der Waals surface area contributed by atoms with Crippen LogP contribution >= 0.6 is 0 Å². The average Bonchev–Trinajstić information content (AvgIpc) is 2.53. The van der Waals surface area contributed by atoms with E-state index in [1.54, 1.807) is 0 Å². The summed E-state index contributed by atoms with van der Waals surface area (Å²) < 4.78 is 0. The molecule has 3 aromatic rings. The van der Waals surface area contributed by atoms with Gasteiger partial charge < -0.3 is 5.32 Å². The minimum absolute atomic E-state index is 0.0985. The quantitative estimate of drug-likeness (QED) is 0.713. The Kier molecular flexibility index (Phi) is 3.69. The van der Waals surface area contributed by atoms with Gasteiger partial charge in [0.05, 0.1) is 6.54 Å². The van der Waals surface area contributed by atoms with Crippen LogP contribution in [0.2, 0.25) is 0 Å². The molecule has 0 amide bonds. The summed E-state index contributed by atoms with van der Waals surface area (Å²) in [5.41, 5.74) is 2.92. The molecule has 0 atom stereocenters. The number of carbonyl (C=O) groups excluding carboxylic acids is 1. The number of benzene rings is 3. The van der Waals surface area contributed by atoms with Gasteiger partial charge in [0.25, 0.3) is 0 Å². The van der Waals surface area contributed by atoms with E-state index in [0.717, 1.165) is 22.0 Å². The van der Waals surface area contributed by atoms with Crippen molar-refractivity contribution in [2.24, 2.45) is 0 Å². The Morgan fingerprint density at radius 2 is 1.62 bits per heavy atom. The number of ketones is 1. The zero-order valence-electron chi connectivity index (χ0n) is 12.0. The molecule has 0 spiro atoms. The van der Waals surface area contributed by atoms with Gasteiger partial charge in [-0.15, -0.1) is 0 Å². The minimum atomic E-state index is 0.0985. The summed E-state index contributed by atoms with van der Waals surface area (Å²) in [6.07, 6.45) is 0. The molecule has 0 saturated carbocycles. The van der Waals surface area contributed by atoms with E-state index in [9.17, 15) is 4.79 Å². The highest BCUT2D eigenvalue weighted by atomic mass is 16.1. The second-order valence-electron chi connectivity index (χ2n) is 5.20. The van der Waals surface area contributed by atoms with Crippen LogP contribution in [0.25, 0.3) is 10.8 Å². The number of hydrogen-bond acceptors (Lipinski definition) is 2. The third kappa shape index (κ3) is 3.11. The Hall–Kier alpha value is -2.61. The van der Waals surface area contributed by atoms with Crippen LogP contribution in [0, 0.1) is 6.92 Å². The Morgan fingerprint density at radius 1 is 0.905 bits per heavy atom. The Labute approximate surface area is 124 Å². The number of Topliss-reactive ketones (excluding diaryl/α,β-unsaturated/α-hetero) is 1. The predicted molar refractivity (Wildman–Crippen MR) is 87.9 cm³/mol. The van der Waals surface area contributed by atoms with E-state index >= 15 is 0 Å². The molecule has 0 aromatic heterocycles. The average molecular weight is 275 g/mol. The van der Waals surface area contributed by atoms with E-state index in [-0.39, 0.29) is 5.78 Å². The van der Waals surface area contributed by atoms with Crippen molar-refractivity contribution >= 4 is 22.2 Å². The minimum Gasteiger partial charge on any atom is -0.378 e. The molecule has 3 aromatic carbocycles. The first-order chi connectivity index (χ1) is 10.2. The lowest BCUT2D eigenvalue weighted by Crippen LogP contribution is -2.13. The second kappa shape index (κ2) is 5.80. The van der Waals surface area contributed by atoms with E-state index in [4.69, 9.17) is 0 Å². The molecule has 0 aliphatic heterocycles. The molecule has 0 fully saturated rings. The topological polar surface area (TPSA) is 29.1 Å². The third-order valence-corrected chi connectivity index (χ3v) is 3.58. The summed E-state index contributed by atoms with van der Waals surface area (Å²) in [4.78, 5) is 12.3. The van der Waals surface area contributed by atoms with E-state index in [2.05, 4.69) is 5.32 Å². The number of rotatable bonds is 4. The molecule has 0 bridgehead atoms. The molecule has 0 heterocycles. The molecule has 0 radical (unpaired) electrons. The molecule has 21 heavy (non-hydrogen) atoms. The fraction of sp³-hybridized carbons (Fsp3) is 0.105. The van der Waals surface area contributed by atoms with Gasteiger partial charge in [-0.25, -0.2) is 0 Å². The summed E-state index contributed by atoms with van der Waals surface area (Å²) in [6, 6.07) is 21.9. The molecule has 1 N–H and O–H groups in total. The largest absolute Gasteiger partial charge is 0.378 e. The summed E-state index contributed by atoms with van der Waals surface area (Å²) >= 11 is 0. The Bertz CT molecular complexity index is 775. The zero-order chi connectivity index (χ0) is 14.7. The van der Waals surface area contributed by atoms with Gasteiger partial charge in [-0.3, -0.25) is 4.79 Å². The van der Waals surface area contributed by atoms with E-state index in [1.807, 2.05) is 73.7 Å². The lowest BCUT2D eigenvalue weighted by molar-refractivity contribution is 0.101. The van der Waals surface area contributed by atoms with Gasteiger partial charge in [0, 0.05) is 11.3 Å². The molecule has 0 aliphatic rings. The maximum Gasteiger partial charge on any atom is 0.181 e. The SMILES string of the molecule is Cc1ccc(NCC(=O)c2ccc3ccccc3c2)cc1. The van der Waals surface area contributed by atoms with Crippen molar-refractivity contribution in [1.29, 1.82) is 0 Å². The number of nitrogens with one attached hydrogen (secondary N) is 1. The number of anilines is 1. The molecule has 0 aliphatic carbocycles. The van der Waals surface area contributed by atoms with E-state index < -0.39 is 0 Å². The predicted octanol–water partition coefficient (Wildman–Crippen LogP) is 4.44. The molecular weight excluding hydrogens is 258 g/mol. The lowest BCUT2D eigenvalue weighted by Gasteiger charge is -2.07. The van der Waals surface area contributed by atoms with Crippen molar-refractivity contribution in [3.05, 3.63) is 77.9 Å². The summed E-state index contributed by atoms with van der Waals surface area (Å²) in [5, 5.41) is 5.42.